The summed E-state index contributed by atoms with van der Waals surface area (Å²) < 4.78 is 32.7. The third kappa shape index (κ3) is 3.43. The zero-order valence-electron chi connectivity index (χ0n) is 12.8. The molecule has 3 aromatic rings. The van der Waals surface area contributed by atoms with E-state index in [9.17, 15) is 13.6 Å². The van der Waals surface area contributed by atoms with Gasteiger partial charge in [0.15, 0.2) is 5.16 Å². The molecule has 0 saturated heterocycles. The first-order chi connectivity index (χ1) is 11.6. The molecule has 1 aromatic carbocycles. The van der Waals surface area contributed by atoms with Crippen molar-refractivity contribution in [3.05, 3.63) is 48.4 Å². The molecule has 0 fully saturated rings. The zero-order valence-corrected chi connectivity index (χ0v) is 13.6. The second-order valence-corrected chi connectivity index (χ2v) is 6.07. The topological polar surface area (TPSA) is 60.1 Å². The number of rotatable bonds is 6. The number of furan rings is 1. The summed E-state index contributed by atoms with van der Waals surface area (Å²) in [5, 5.41) is 2.87. The normalized spacial score (nSPS) is 12.7. The van der Waals surface area contributed by atoms with Gasteiger partial charge in [-0.25, -0.2) is 4.98 Å². The van der Waals surface area contributed by atoms with Crippen LogP contribution in [0.5, 0.6) is 0 Å². The Morgan fingerprint density at radius 1 is 1.33 bits per heavy atom. The first-order valence-electron chi connectivity index (χ1n) is 7.27. The van der Waals surface area contributed by atoms with Crippen LogP contribution < -0.4 is 5.32 Å². The fourth-order valence-electron chi connectivity index (χ4n) is 2.33. The van der Waals surface area contributed by atoms with Gasteiger partial charge in [0.2, 0.25) is 5.91 Å². The Kier molecular flexibility index (Phi) is 4.84. The molecule has 24 heavy (non-hydrogen) atoms. The number of benzene rings is 1. The molecule has 1 unspecified atom stereocenters. The van der Waals surface area contributed by atoms with Crippen molar-refractivity contribution in [3.8, 4) is 0 Å². The van der Waals surface area contributed by atoms with Gasteiger partial charge in [-0.1, -0.05) is 23.9 Å². The fourth-order valence-corrected chi connectivity index (χ4v) is 3.16. The smallest absolute Gasteiger partial charge is 0.321 e. The lowest BCUT2D eigenvalue weighted by Crippen LogP contribution is -2.28. The molecular formula is C16H15F2N3O2S. The van der Waals surface area contributed by atoms with Crippen molar-refractivity contribution >= 4 is 28.7 Å². The maximum atomic E-state index is 13.3. The minimum absolute atomic E-state index is 0.0128. The Bertz CT molecular complexity index is 833. The predicted molar refractivity (Wildman–Crippen MR) is 87.0 cm³/mol. The van der Waals surface area contributed by atoms with Gasteiger partial charge < -0.3 is 9.73 Å². The number of halogens is 2. The highest BCUT2D eigenvalue weighted by Crippen LogP contribution is 2.29. The van der Waals surface area contributed by atoms with Crippen molar-refractivity contribution in [3.63, 3.8) is 0 Å². The number of carbonyl (C=O) groups excluding carboxylic acids is 1. The minimum atomic E-state index is -2.72. The van der Waals surface area contributed by atoms with Crippen molar-refractivity contribution in [2.24, 2.45) is 0 Å². The Labute approximate surface area is 141 Å². The molecule has 1 amide bonds. The Morgan fingerprint density at radius 3 is 2.83 bits per heavy atom. The average molecular weight is 351 g/mol. The van der Waals surface area contributed by atoms with Gasteiger partial charge in [-0.3, -0.25) is 9.36 Å². The largest absolute Gasteiger partial charge is 0.467 e. The Morgan fingerprint density at radius 2 is 2.12 bits per heavy atom. The van der Waals surface area contributed by atoms with E-state index in [2.05, 4.69) is 10.3 Å². The summed E-state index contributed by atoms with van der Waals surface area (Å²) in [6, 6.07) is 9.86. The molecule has 8 heteroatoms. The van der Waals surface area contributed by atoms with Crippen molar-refractivity contribution in [1.82, 2.24) is 14.9 Å². The van der Waals surface area contributed by atoms with Crippen molar-refractivity contribution < 1.29 is 18.0 Å². The van der Waals surface area contributed by atoms with Gasteiger partial charge in [0, 0.05) is 0 Å². The molecule has 1 N–H and O–H groups in total. The highest BCUT2D eigenvalue weighted by Gasteiger charge is 2.19. The Balaban J connectivity index is 1.69. The van der Waals surface area contributed by atoms with E-state index in [1.165, 1.54) is 6.26 Å². The first kappa shape index (κ1) is 16.5. The van der Waals surface area contributed by atoms with E-state index in [1.807, 2.05) is 0 Å². The summed E-state index contributed by atoms with van der Waals surface area (Å²) in [6.45, 7) is -0.930. The highest BCUT2D eigenvalue weighted by atomic mass is 32.2. The third-order valence-electron chi connectivity index (χ3n) is 3.44. The van der Waals surface area contributed by atoms with E-state index in [4.69, 9.17) is 4.42 Å². The molecule has 0 radical (unpaired) electrons. The van der Waals surface area contributed by atoms with E-state index in [0.29, 0.717) is 16.8 Å². The lowest BCUT2D eigenvalue weighted by Gasteiger charge is -2.11. The summed E-state index contributed by atoms with van der Waals surface area (Å²) in [5.41, 5.74) is 0.823. The molecule has 126 valence electrons. The highest BCUT2D eigenvalue weighted by molar-refractivity contribution is 7.99. The maximum Gasteiger partial charge on any atom is 0.321 e. The van der Waals surface area contributed by atoms with Crippen LogP contribution in [0.3, 0.4) is 0 Å². The lowest BCUT2D eigenvalue weighted by molar-refractivity contribution is -0.119. The van der Waals surface area contributed by atoms with E-state index >= 15 is 0 Å². The van der Waals surface area contributed by atoms with E-state index in [-0.39, 0.29) is 22.9 Å². The number of para-hydroxylation sites is 2. The van der Waals surface area contributed by atoms with E-state index in [0.717, 1.165) is 16.3 Å². The molecule has 2 heterocycles. The molecule has 3 rings (SSSR count). The number of fused-ring (bicyclic) bond motifs is 1. The van der Waals surface area contributed by atoms with Crippen molar-refractivity contribution in [2.75, 3.05) is 5.75 Å². The summed E-state index contributed by atoms with van der Waals surface area (Å²) >= 11 is 0.978. The molecule has 5 nitrogen and oxygen atoms in total. The number of nitrogens with one attached hydrogen (secondary N) is 1. The van der Waals surface area contributed by atoms with Crippen LogP contribution in [-0.4, -0.2) is 21.2 Å². The van der Waals surface area contributed by atoms with Gasteiger partial charge in [-0.2, -0.15) is 8.78 Å². The molecular weight excluding hydrogens is 336 g/mol. The SMILES string of the molecule is CC(NC(=O)CSc1nc2ccccc2n1C(F)F)c1ccco1. The monoisotopic (exact) mass is 351 g/mol. The standard InChI is InChI=1S/C16H15F2N3O2S/c1-10(13-7-4-8-23-13)19-14(22)9-24-16-20-11-5-2-3-6-12(11)21(16)15(17)18/h2-8,10,15H,9H2,1H3,(H,19,22). The Hall–Kier alpha value is -2.35. The van der Waals surface area contributed by atoms with Gasteiger partial charge in [0.1, 0.15) is 5.76 Å². The molecule has 1 atom stereocenters. The van der Waals surface area contributed by atoms with Crippen molar-refractivity contribution in [2.45, 2.75) is 24.7 Å². The number of hydrogen-bond donors (Lipinski definition) is 1. The number of amides is 1. The minimum Gasteiger partial charge on any atom is -0.467 e. The average Bonchev–Trinajstić information content (AvgIpc) is 3.20. The van der Waals surface area contributed by atoms with Crippen LogP contribution in [-0.2, 0) is 4.79 Å². The third-order valence-corrected chi connectivity index (χ3v) is 4.39. The van der Waals surface area contributed by atoms with Gasteiger partial charge in [-0.05, 0) is 31.2 Å². The van der Waals surface area contributed by atoms with Crippen LogP contribution in [0.15, 0.2) is 52.2 Å². The molecule has 0 bridgehead atoms. The van der Waals surface area contributed by atoms with E-state index in [1.54, 1.807) is 43.3 Å². The molecule has 0 saturated carbocycles. The molecule has 2 aromatic heterocycles. The number of imidazole rings is 1. The zero-order chi connectivity index (χ0) is 17.1. The fraction of sp³-hybridized carbons (Fsp3) is 0.250. The van der Waals surface area contributed by atoms with Crippen molar-refractivity contribution in [1.29, 1.82) is 0 Å². The summed E-state index contributed by atoms with van der Waals surface area (Å²) in [4.78, 5) is 16.2. The van der Waals surface area contributed by atoms with Crippen LogP contribution in [0, 0.1) is 0 Å². The molecule has 0 spiro atoms. The number of aromatic nitrogens is 2. The number of nitrogens with zero attached hydrogens (tertiary/aromatic N) is 2. The first-order valence-corrected chi connectivity index (χ1v) is 8.25. The number of hydrogen-bond acceptors (Lipinski definition) is 4. The lowest BCUT2D eigenvalue weighted by atomic mass is 10.2. The second kappa shape index (κ2) is 7.04. The van der Waals surface area contributed by atoms with Crippen LogP contribution in [0.1, 0.15) is 25.3 Å². The molecule has 0 aliphatic rings. The number of carbonyl (C=O) groups is 1. The summed E-state index contributed by atoms with van der Waals surface area (Å²) in [6.07, 6.45) is 1.53. The summed E-state index contributed by atoms with van der Waals surface area (Å²) in [7, 11) is 0. The predicted octanol–water partition coefficient (Wildman–Crippen LogP) is 3.99. The number of thioether (sulfide) groups is 1. The van der Waals surface area contributed by atoms with Gasteiger partial charge in [-0.15, -0.1) is 0 Å². The van der Waals surface area contributed by atoms with Gasteiger partial charge in [0.25, 0.3) is 0 Å². The van der Waals surface area contributed by atoms with E-state index < -0.39 is 6.55 Å². The van der Waals surface area contributed by atoms with Gasteiger partial charge in [0.05, 0.1) is 29.1 Å². The van der Waals surface area contributed by atoms with Crippen LogP contribution in [0.2, 0.25) is 0 Å². The molecule has 0 aliphatic carbocycles. The molecule has 0 aliphatic heterocycles. The summed E-state index contributed by atoms with van der Waals surface area (Å²) in [5.74, 6) is 0.339. The number of alkyl halides is 2. The maximum absolute atomic E-state index is 13.3. The van der Waals surface area contributed by atoms with Gasteiger partial charge >= 0.3 is 6.55 Å². The van der Waals surface area contributed by atoms with Crippen LogP contribution in [0.4, 0.5) is 8.78 Å². The van der Waals surface area contributed by atoms with Crippen LogP contribution in [0.25, 0.3) is 11.0 Å². The quantitative estimate of drug-likeness (QED) is 0.682. The van der Waals surface area contributed by atoms with Crippen LogP contribution >= 0.6 is 11.8 Å². The second-order valence-electron chi connectivity index (χ2n) is 5.12.